The van der Waals surface area contributed by atoms with Crippen molar-refractivity contribution in [2.75, 3.05) is 5.32 Å². The quantitative estimate of drug-likeness (QED) is 0.860. The highest BCUT2D eigenvalue weighted by Gasteiger charge is 2.15. The summed E-state index contributed by atoms with van der Waals surface area (Å²) < 4.78 is 5.67. The van der Waals surface area contributed by atoms with E-state index in [2.05, 4.69) is 12.2 Å². The summed E-state index contributed by atoms with van der Waals surface area (Å²) in [5, 5.41) is 2.74. The standard InChI is InChI=1S/C18H20N2O3/c1-3-13-5-4-6-16(11-13)23-12(2)18(22)20-15-9-7-14(8-10-15)17(19)21/h4-12H,3H2,1-2H3,(H2,19,21)(H,20,22). The molecule has 0 bridgehead atoms. The van der Waals surface area contributed by atoms with Crippen molar-refractivity contribution in [3.05, 3.63) is 59.7 Å². The predicted octanol–water partition coefficient (Wildman–Crippen LogP) is 2.75. The Morgan fingerprint density at radius 3 is 2.48 bits per heavy atom. The van der Waals surface area contributed by atoms with Gasteiger partial charge in [-0.25, -0.2) is 0 Å². The number of benzene rings is 2. The molecule has 23 heavy (non-hydrogen) atoms. The third-order valence-electron chi connectivity index (χ3n) is 3.43. The van der Waals surface area contributed by atoms with E-state index in [1.165, 1.54) is 0 Å². The van der Waals surface area contributed by atoms with Gasteiger partial charge in [-0.15, -0.1) is 0 Å². The molecule has 2 amide bonds. The highest BCUT2D eigenvalue weighted by Crippen LogP contribution is 2.16. The first-order valence-electron chi connectivity index (χ1n) is 7.46. The van der Waals surface area contributed by atoms with E-state index in [1.54, 1.807) is 31.2 Å². The summed E-state index contributed by atoms with van der Waals surface area (Å²) >= 11 is 0. The number of nitrogens with one attached hydrogen (secondary N) is 1. The minimum absolute atomic E-state index is 0.265. The van der Waals surface area contributed by atoms with Gasteiger partial charge < -0.3 is 15.8 Å². The van der Waals surface area contributed by atoms with Gasteiger partial charge in [0.1, 0.15) is 5.75 Å². The topological polar surface area (TPSA) is 81.4 Å². The van der Waals surface area contributed by atoms with Crippen molar-refractivity contribution >= 4 is 17.5 Å². The minimum atomic E-state index is -0.641. The number of ether oxygens (including phenoxy) is 1. The van der Waals surface area contributed by atoms with E-state index in [0.29, 0.717) is 17.0 Å². The average molecular weight is 312 g/mol. The summed E-state index contributed by atoms with van der Waals surface area (Å²) in [4.78, 5) is 23.2. The highest BCUT2D eigenvalue weighted by atomic mass is 16.5. The lowest BCUT2D eigenvalue weighted by Crippen LogP contribution is -2.30. The first-order chi connectivity index (χ1) is 11.0. The van der Waals surface area contributed by atoms with Gasteiger partial charge in [0.2, 0.25) is 5.91 Å². The van der Waals surface area contributed by atoms with E-state index >= 15 is 0 Å². The van der Waals surface area contributed by atoms with E-state index < -0.39 is 12.0 Å². The van der Waals surface area contributed by atoms with Gasteiger partial charge in [-0.1, -0.05) is 19.1 Å². The fourth-order valence-corrected chi connectivity index (χ4v) is 2.06. The second-order valence-electron chi connectivity index (χ2n) is 5.19. The van der Waals surface area contributed by atoms with E-state index in [9.17, 15) is 9.59 Å². The van der Waals surface area contributed by atoms with Crippen molar-refractivity contribution < 1.29 is 14.3 Å². The van der Waals surface area contributed by atoms with Gasteiger partial charge in [-0.2, -0.15) is 0 Å². The van der Waals surface area contributed by atoms with Crippen LogP contribution >= 0.6 is 0 Å². The third kappa shape index (κ3) is 4.57. The van der Waals surface area contributed by atoms with Crippen LogP contribution in [0.25, 0.3) is 0 Å². The molecule has 0 aliphatic carbocycles. The number of carbonyl (C=O) groups excluding carboxylic acids is 2. The number of anilines is 1. The maximum Gasteiger partial charge on any atom is 0.265 e. The Morgan fingerprint density at radius 1 is 1.17 bits per heavy atom. The van der Waals surface area contributed by atoms with Crippen LogP contribution in [0.15, 0.2) is 48.5 Å². The number of hydrogen-bond acceptors (Lipinski definition) is 3. The van der Waals surface area contributed by atoms with E-state index in [1.807, 2.05) is 24.3 Å². The molecule has 0 spiro atoms. The molecule has 0 heterocycles. The molecule has 2 rings (SSSR count). The number of hydrogen-bond donors (Lipinski definition) is 2. The summed E-state index contributed by atoms with van der Waals surface area (Å²) in [6.07, 6.45) is 0.266. The van der Waals surface area contributed by atoms with Crippen LogP contribution in [0.4, 0.5) is 5.69 Å². The molecule has 5 heteroatoms. The lowest BCUT2D eigenvalue weighted by atomic mass is 10.1. The Morgan fingerprint density at radius 2 is 1.87 bits per heavy atom. The van der Waals surface area contributed by atoms with Gasteiger partial charge >= 0.3 is 0 Å². The zero-order chi connectivity index (χ0) is 16.8. The van der Waals surface area contributed by atoms with Crippen LogP contribution in [0, 0.1) is 0 Å². The zero-order valence-corrected chi connectivity index (χ0v) is 13.2. The molecule has 120 valence electrons. The second kappa shape index (κ2) is 7.45. The van der Waals surface area contributed by atoms with Crippen LogP contribution in [-0.2, 0) is 11.2 Å². The molecule has 2 aromatic rings. The van der Waals surface area contributed by atoms with Gasteiger partial charge in [0.25, 0.3) is 5.91 Å². The fourth-order valence-electron chi connectivity index (χ4n) is 2.06. The summed E-state index contributed by atoms with van der Waals surface area (Å²) in [5.74, 6) is -0.106. The summed E-state index contributed by atoms with van der Waals surface area (Å²) in [6, 6.07) is 14.0. The van der Waals surface area contributed by atoms with Gasteiger partial charge in [-0.05, 0) is 55.3 Å². The predicted molar refractivity (Wildman–Crippen MR) is 89.5 cm³/mol. The lowest BCUT2D eigenvalue weighted by Gasteiger charge is -2.15. The number of amides is 2. The third-order valence-corrected chi connectivity index (χ3v) is 3.43. The Kier molecular flexibility index (Phi) is 5.36. The monoisotopic (exact) mass is 312 g/mol. The summed E-state index contributed by atoms with van der Waals surface area (Å²) in [7, 11) is 0. The smallest absolute Gasteiger partial charge is 0.265 e. The van der Waals surface area contributed by atoms with Crippen molar-refractivity contribution in [3.8, 4) is 5.75 Å². The molecule has 0 fully saturated rings. The molecule has 0 saturated carbocycles. The SMILES string of the molecule is CCc1cccc(OC(C)C(=O)Nc2ccc(C(N)=O)cc2)c1. The first-order valence-corrected chi connectivity index (χ1v) is 7.46. The molecule has 5 nitrogen and oxygen atoms in total. The Hall–Kier alpha value is -2.82. The van der Waals surface area contributed by atoms with Gasteiger partial charge in [0, 0.05) is 11.3 Å². The van der Waals surface area contributed by atoms with Crippen LogP contribution in [0.5, 0.6) is 5.75 Å². The van der Waals surface area contributed by atoms with Gasteiger partial charge in [-0.3, -0.25) is 9.59 Å². The molecule has 0 aliphatic rings. The molecular formula is C18H20N2O3. The highest BCUT2D eigenvalue weighted by molar-refractivity contribution is 5.96. The summed E-state index contributed by atoms with van der Waals surface area (Å²) in [5.41, 5.74) is 7.30. The molecule has 2 aromatic carbocycles. The van der Waals surface area contributed by atoms with Crippen molar-refractivity contribution in [1.29, 1.82) is 0 Å². The maximum absolute atomic E-state index is 12.2. The van der Waals surface area contributed by atoms with Crippen LogP contribution in [0.2, 0.25) is 0 Å². The maximum atomic E-state index is 12.2. The van der Waals surface area contributed by atoms with Gasteiger partial charge in [0.15, 0.2) is 6.10 Å². The van der Waals surface area contributed by atoms with Crippen molar-refractivity contribution in [1.82, 2.24) is 0 Å². The molecule has 0 radical (unpaired) electrons. The summed E-state index contributed by atoms with van der Waals surface area (Å²) in [6.45, 7) is 3.75. The minimum Gasteiger partial charge on any atom is -0.481 e. The zero-order valence-electron chi connectivity index (χ0n) is 13.2. The number of rotatable bonds is 6. The second-order valence-corrected chi connectivity index (χ2v) is 5.19. The van der Waals surface area contributed by atoms with Crippen LogP contribution < -0.4 is 15.8 Å². The fraction of sp³-hybridized carbons (Fsp3) is 0.222. The number of aryl methyl sites for hydroxylation is 1. The largest absolute Gasteiger partial charge is 0.481 e. The van der Waals surface area contributed by atoms with Gasteiger partial charge in [0.05, 0.1) is 0 Å². The number of primary amides is 1. The van der Waals surface area contributed by atoms with Crippen molar-refractivity contribution in [2.45, 2.75) is 26.4 Å². The Balaban J connectivity index is 1.97. The molecule has 0 saturated heterocycles. The van der Waals surface area contributed by atoms with Crippen LogP contribution in [0.3, 0.4) is 0 Å². The molecule has 3 N–H and O–H groups in total. The molecule has 0 aliphatic heterocycles. The normalized spacial score (nSPS) is 11.6. The van der Waals surface area contributed by atoms with Crippen molar-refractivity contribution in [3.63, 3.8) is 0 Å². The Labute approximate surface area is 135 Å². The van der Waals surface area contributed by atoms with E-state index in [0.717, 1.165) is 12.0 Å². The van der Waals surface area contributed by atoms with E-state index in [-0.39, 0.29) is 5.91 Å². The molecular weight excluding hydrogens is 292 g/mol. The lowest BCUT2D eigenvalue weighted by molar-refractivity contribution is -0.122. The number of nitrogens with two attached hydrogens (primary N) is 1. The Bertz CT molecular complexity index is 696. The first kappa shape index (κ1) is 16.5. The van der Waals surface area contributed by atoms with Crippen LogP contribution in [0.1, 0.15) is 29.8 Å². The van der Waals surface area contributed by atoms with Crippen molar-refractivity contribution in [2.24, 2.45) is 5.73 Å². The van der Waals surface area contributed by atoms with E-state index in [4.69, 9.17) is 10.5 Å². The molecule has 1 unspecified atom stereocenters. The average Bonchev–Trinajstić information content (AvgIpc) is 2.55. The van der Waals surface area contributed by atoms with Crippen LogP contribution in [-0.4, -0.2) is 17.9 Å². The molecule has 0 aromatic heterocycles. The number of carbonyl (C=O) groups is 2. The molecule has 1 atom stereocenters.